The molecule has 0 aromatic rings. The number of likely N-dealkylation sites (tertiary alicyclic amines) is 1. The Morgan fingerprint density at radius 2 is 2.13 bits per heavy atom. The van der Waals surface area contributed by atoms with Gasteiger partial charge in [0.2, 0.25) is 5.91 Å². The molecule has 5 heteroatoms. The molecule has 1 amide bonds. The number of nitrogens with zero attached hydrogens (tertiary/aromatic N) is 1. The molecule has 2 aliphatic rings. The van der Waals surface area contributed by atoms with Crippen LogP contribution in [0, 0.1) is 5.92 Å². The molecule has 15 heavy (non-hydrogen) atoms. The third-order valence-corrected chi connectivity index (χ3v) is 3.09. The van der Waals surface area contributed by atoms with Crippen LogP contribution in [0.3, 0.4) is 0 Å². The van der Waals surface area contributed by atoms with Crippen LogP contribution in [0.4, 0.5) is 0 Å². The first-order valence-electron chi connectivity index (χ1n) is 5.41. The fourth-order valence-electron chi connectivity index (χ4n) is 2.24. The van der Waals surface area contributed by atoms with Gasteiger partial charge in [-0.3, -0.25) is 9.59 Å². The normalized spacial score (nSPS) is 26.4. The molecule has 0 aliphatic carbocycles. The second-order valence-corrected chi connectivity index (χ2v) is 4.36. The minimum absolute atomic E-state index is 0.0178. The molecule has 0 aromatic carbocycles. The lowest BCUT2D eigenvalue weighted by molar-refractivity contribution is -0.146. The van der Waals surface area contributed by atoms with Crippen molar-refractivity contribution in [2.75, 3.05) is 19.6 Å². The first-order chi connectivity index (χ1) is 7.16. The minimum atomic E-state index is -0.772. The van der Waals surface area contributed by atoms with Crippen LogP contribution in [0.15, 0.2) is 0 Å². The van der Waals surface area contributed by atoms with Crippen LogP contribution >= 0.6 is 0 Å². The molecule has 84 valence electrons. The lowest BCUT2D eigenvalue weighted by Gasteiger charge is -2.40. The van der Waals surface area contributed by atoms with E-state index < -0.39 is 5.97 Å². The van der Waals surface area contributed by atoms with E-state index in [0.717, 1.165) is 19.4 Å². The number of aliphatic carboxylic acids is 1. The predicted octanol–water partition coefficient (Wildman–Crippen LogP) is -0.329. The minimum Gasteiger partial charge on any atom is -0.481 e. The van der Waals surface area contributed by atoms with E-state index in [1.54, 1.807) is 4.90 Å². The third kappa shape index (κ3) is 2.28. The number of rotatable bonds is 3. The predicted molar refractivity (Wildman–Crippen MR) is 53.3 cm³/mol. The third-order valence-electron chi connectivity index (χ3n) is 3.09. The number of carboxylic acid groups (broad SMARTS) is 1. The highest BCUT2D eigenvalue weighted by Gasteiger charge is 2.36. The molecule has 0 bridgehead atoms. The van der Waals surface area contributed by atoms with Crippen LogP contribution in [0.25, 0.3) is 0 Å². The van der Waals surface area contributed by atoms with Gasteiger partial charge in [0, 0.05) is 19.0 Å². The van der Waals surface area contributed by atoms with E-state index in [1.807, 2.05) is 0 Å². The Bertz CT molecular complexity index is 268. The molecule has 5 nitrogen and oxygen atoms in total. The summed E-state index contributed by atoms with van der Waals surface area (Å²) in [6, 6.07) is -0.0178. The summed E-state index contributed by atoms with van der Waals surface area (Å²) in [5.74, 6) is -0.465. The molecule has 2 heterocycles. The van der Waals surface area contributed by atoms with Crippen molar-refractivity contribution in [3.05, 3.63) is 0 Å². The first kappa shape index (κ1) is 10.4. The monoisotopic (exact) mass is 212 g/mol. The van der Waals surface area contributed by atoms with Gasteiger partial charge in [-0.25, -0.2) is 0 Å². The maximum absolute atomic E-state index is 11.8. The SMILES string of the molecule is O=C(O)CC1CN(C(=O)[C@H]2CCCN2)C1. The molecule has 0 aromatic heterocycles. The molecular weight excluding hydrogens is 196 g/mol. The summed E-state index contributed by atoms with van der Waals surface area (Å²) in [5, 5.41) is 11.7. The van der Waals surface area contributed by atoms with E-state index in [-0.39, 0.29) is 24.3 Å². The summed E-state index contributed by atoms with van der Waals surface area (Å²) in [7, 11) is 0. The molecule has 0 spiro atoms. The lowest BCUT2D eigenvalue weighted by Crippen LogP contribution is -2.55. The van der Waals surface area contributed by atoms with Gasteiger partial charge in [0.1, 0.15) is 0 Å². The molecule has 2 rings (SSSR count). The van der Waals surface area contributed by atoms with E-state index in [0.29, 0.717) is 13.1 Å². The summed E-state index contributed by atoms with van der Waals surface area (Å²) < 4.78 is 0. The molecule has 0 unspecified atom stereocenters. The second kappa shape index (κ2) is 4.18. The van der Waals surface area contributed by atoms with Crippen LogP contribution in [-0.2, 0) is 9.59 Å². The summed E-state index contributed by atoms with van der Waals surface area (Å²) in [6.07, 6.45) is 2.16. The number of amides is 1. The Kier molecular flexibility index (Phi) is 2.90. The average molecular weight is 212 g/mol. The average Bonchev–Trinajstić information content (AvgIpc) is 2.61. The molecule has 2 fully saturated rings. The van der Waals surface area contributed by atoms with E-state index in [2.05, 4.69) is 5.32 Å². The first-order valence-corrected chi connectivity index (χ1v) is 5.41. The van der Waals surface area contributed by atoms with E-state index in [1.165, 1.54) is 0 Å². The van der Waals surface area contributed by atoms with Crippen molar-refractivity contribution in [2.45, 2.75) is 25.3 Å². The Labute approximate surface area is 88.4 Å². The van der Waals surface area contributed by atoms with E-state index in [4.69, 9.17) is 5.11 Å². The van der Waals surface area contributed by atoms with Gasteiger partial charge < -0.3 is 15.3 Å². The highest BCUT2D eigenvalue weighted by molar-refractivity contribution is 5.83. The maximum atomic E-state index is 11.8. The summed E-state index contributed by atoms with van der Waals surface area (Å²) in [5.41, 5.74) is 0. The van der Waals surface area contributed by atoms with Gasteiger partial charge in [0.05, 0.1) is 12.5 Å². The van der Waals surface area contributed by atoms with Crippen molar-refractivity contribution in [2.24, 2.45) is 5.92 Å². The van der Waals surface area contributed by atoms with Crippen LogP contribution < -0.4 is 5.32 Å². The van der Waals surface area contributed by atoms with Crippen molar-refractivity contribution in [1.29, 1.82) is 0 Å². The van der Waals surface area contributed by atoms with Crippen LogP contribution in [0.5, 0.6) is 0 Å². The summed E-state index contributed by atoms with van der Waals surface area (Å²) in [4.78, 5) is 24.0. The number of nitrogens with one attached hydrogen (secondary N) is 1. The van der Waals surface area contributed by atoms with Crippen molar-refractivity contribution in [3.63, 3.8) is 0 Å². The summed E-state index contributed by atoms with van der Waals surface area (Å²) >= 11 is 0. The van der Waals surface area contributed by atoms with E-state index >= 15 is 0 Å². The fraction of sp³-hybridized carbons (Fsp3) is 0.800. The second-order valence-electron chi connectivity index (χ2n) is 4.36. The zero-order valence-electron chi connectivity index (χ0n) is 8.61. The van der Waals surface area contributed by atoms with E-state index in [9.17, 15) is 9.59 Å². The van der Waals surface area contributed by atoms with Gasteiger partial charge in [0.15, 0.2) is 0 Å². The van der Waals surface area contributed by atoms with Crippen LogP contribution in [0.2, 0.25) is 0 Å². The van der Waals surface area contributed by atoms with Crippen LogP contribution in [-0.4, -0.2) is 47.6 Å². The van der Waals surface area contributed by atoms with Gasteiger partial charge in [-0.2, -0.15) is 0 Å². The Hall–Kier alpha value is -1.10. The molecule has 0 saturated carbocycles. The number of carboxylic acids is 1. The molecule has 2 saturated heterocycles. The van der Waals surface area contributed by atoms with Gasteiger partial charge in [-0.1, -0.05) is 0 Å². The molecule has 2 N–H and O–H groups in total. The number of carbonyl (C=O) groups excluding carboxylic acids is 1. The highest BCUT2D eigenvalue weighted by atomic mass is 16.4. The Morgan fingerprint density at radius 1 is 1.40 bits per heavy atom. The topological polar surface area (TPSA) is 69.6 Å². The lowest BCUT2D eigenvalue weighted by atomic mass is 9.95. The van der Waals surface area contributed by atoms with Gasteiger partial charge in [0.25, 0.3) is 0 Å². The highest BCUT2D eigenvalue weighted by Crippen LogP contribution is 2.21. The summed E-state index contributed by atoms with van der Waals surface area (Å²) in [6.45, 7) is 2.15. The largest absolute Gasteiger partial charge is 0.481 e. The smallest absolute Gasteiger partial charge is 0.303 e. The molecular formula is C10H16N2O3. The standard InChI is InChI=1S/C10H16N2O3/c13-9(14)4-7-5-12(6-7)10(15)8-2-1-3-11-8/h7-8,11H,1-6H2,(H,13,14)/t8-/m1/s1. The van der Waals surface area contributed by atoms with Crippen molar-refractivity contribution in [1.82, 2.24) is 10.2 Å². The van der Waals surface area contributed by atoms with Gasteiger partial charge >= 0.3 is 5.97 Å². The Balaban J connectivity index is 1.74. The quantitative estimate of drug-likeness (QED) is 0.672. The zero-order valence-corrected chi connectivity index (χ0v) is 8.61. The fourth-order valence-corrected chi connectivity index (χ4v) is 2.24. The zero-order chi connectivity index (χ0) is 10.8. The number of hydrogen-bond acceptors (Lipinski definition) is 3. The molecule has 0 radical (unpaired) electrons. The Morgan fingerprint density at radius 3 is 2.67 bits per heavy atom. The van der Waals surface area contributed by atoms with Crippen molar-refractivity contribution < 1.29 is 14.7 Å². The number of hydrogen-bond donors (Lipinski definition) is 2. The number of carbonyl (C=O) groups is 2. The van der Waals surface area contributed by atoms with Crippen molar-refractivity contribution >= 4 is 11.9 Å². The van der Waals surface area contributed by atoms with Crippen LogP contribution in [0.1, 0.15) is 19.3 Å². The molecule has 2 aliphatic heterocycles. The van der Waals surface area contributed by atoms with Gasteiger partial charge in [-0.15, -0.1) is 0 Å². The maximum Gasteiger partial charge on any atom is 0.303 e. The molecule has 1 atom stereocenters. The van der Waals surface area contributed by atoms with Gasteiger partial charge in [-0.05, 0) is 19.4 Å². The van der Waals surface area contributed by atoms with Crippen molar-refractivity contribution in [3.8, 4) is 0 Å².